The van der Waals surface area contributed by atoms with Crippen LogP contribution in [0, 0.1) is 5.82 Å². The molecule has 0 bridgehead atoms. The van der Waals surface area contributed by atoms with Gasteiger partial charge in [0.15, 0.2) is 11.6 Å². The monoisotopic (exact) mass is 386 g/mol. The number of carbonyl (C=O) groups excluding carboxylic acids is 1. The van der Waals surface area contributed by atoms with E-state index in [0.29, 0.717) is 12.1 Å². The lowest BCUT2D eigenvalue weighted by Crippen LogP contribution is -2.37. The lowest BCUT2D eigenvalue weighted by molar-refractivity contribution is -0.120. The molecule has 2 aromatic rings. The molecule has 1 aliphatic heterocycles. The number of benzene rings is 2. The molecule has 6 heteroatoms. The summed E-state index contributed by atoms with van der Waals surface area (Å²) < 4.78 is 24.0. The number of amides is 1. The smallest absolute Gasteiger partial charge is 0.224 e. The number of methoxy groups -OCH3 is 2. The SMILES string of the molecule is COc1ccc([C@H](CNC(=O)Cc2ccc(OC)c(F)c2)N2CCCC2)cc1. The first-order valence-electron chi connectivity index (χ1n) is 9.58. The summed E-state index contributed by atoms with van der Waals surface area (Å²) in [4.78, 5) is 14.8. The second kappa shape index (κ2) is 9.55. The Kier molecular flexibility index (Phi) is 6.87. The van der Waals surface area contributed by atoms with E-state index >= 15 is 0 Å². The molecule has 28 heavy (non-hydrogen) atoms. The highest BCUT2D eigenvalue weighted by atomic mass is 19.1. The van der Waals surface area contributed by atoms with Crippen LogP contribution in [-0.2, 0) is 11.2 Å². The topological polar surface area (TPSA) is 50.8 Å². The van der Waals surface area contributed by atoms with Crippen LogP contribution in [0.1, 0.15) is 30.0 Å². The molecule has 2 aromatic carbocycles. The van der Waals surface area contributed by atoms with Gasteiger partial charge in [0.05, 0.1) is 26.7 Å². The Bertz CT molecular complexity index is 789. The normalized spacial score (nSPS) is 15.2. The van der Waals surface area contributed by atoms with Gasteiger partial charge < -0.3 is 14.8 Å². The van der Waals surface area contributed by atoms with E-state index in [9.17, 15) is 9.18 Å². The fourth-order valence-electron chi connectivity index (χ4n) is 3.62. The molecule has 1 amide bonds. The molecule has 1 fully saturated rings. The van der Waals surface area contributed by atoms with Gasteiger partial charge in [-0.15, -0.1) is 0 Å². The molecule has 150 valence electrons. The van der Waals surface area contributed by atoms with Gasteiger partial charge in [0.25, 0.3) is 0 Å². The Morgan fingerprint density at radius 1 is 1.11 bits per heavy atom. The van der Waals surface area contributed by atoms with Crippen molar-refractivity contribution in [2.75, 3.05) is 33.9 Å². The minimum absolute atomic E-state index is 0.116. The number of likely N-dealkylation sites (tertiary alicyclic amines) is 1. The average molecular weight is 386 g/mol. The molecule has 1 heterocycles. The predicted octanol–water partition coefficient (Wildman–Crippen LogP) is 3.34. The molecule has 1 aliphatic rings. The maximum absolute atomic E-state index is 13.8. The van der Waals surface area contributed by atoms with Gasteiger partial charge in [0.2, 0.25) is 5.91 Å². The first-order chi connectivity index (χ1) is 13.6. The van der Waals surface area contributed by atoms with Crippen LogP contribution in [0.25, 0.3) is 0 Å². The Labute approximate surface area is 165 Å². The van der Waals surface area contributed by atoms with Gasteiger partial charge in [-0.3, -0.25) is 9.69 Å². The summed E-state index contributed by atoms with van der Waals surface area (Å²) in [5.74, 6) is 0.413. The van der Waals surface area contributed by atoms with E-state index in [1.807, 2.05) is 24.3 Å². The third-order valence-electron chi connectivity index (χ3n) is 5.16. The number of rotatable bonds is 8. The third kappa shape index (κ3) is 5.01. The van der Waals surface area contributed by atoms with Crippen LogP contribution >= 0.6 is 0 Å². The summed E-state index contributed by atoms with van der Waals surface area (Å²) in [5.41, 5.74) is 1.77. The first-order valence-corrected chi connectivity index (χ1v) is 9.58. The molecule has 3 rings (SSSR count). The minimum Gasteiger partial charge on any atom is -0.497 e. The van der Waals surface area contributed by atoms with Gasteiger partial charge in [-0.2, -0.15) is 0 Å². The number of halogens is 1. The van der Waals surface area contributed by atoms with Gasteiger partial charge in [0, 0.05) is 6.54 Å². The summed E-state index contributed by atoms with van der Waals surface area (Å²) in [6.45, 7) is 2.57. The maximum atomic E-state index is 13.8. The number of nitrogens with one attached hydrogen (secondary N) is 1. The Morgan fingerprint density at radius 2 is 1.82 bits per heavy atom. The molecule has 5 nitrogen and oxygen atoms in total. The second-order valence-electron chi connectivity index (χ2n) is 6.98. The number of nitrogens with zero attached hydrogens (tertiary/aromatic N) is 1. The van der Waals surface area contributed by atoms with E-state index in [-0.39, 0.29) is 24.1 Å². The van der Waals surface area contributed by atoms with E-state index in [2.05, 4.69) is 10.2 Å². The summed E-state index contributed by atoms with van der Waals surface area (Å²) in [6, 6.07) is 12.7. The summed E-state index contributed by atoms with van der Waals surface area (Å²) in [6.07, 6.45) is 2.48. The largest absolute Gasteiger partial charge is 0.497 e. The highest BCUT2D eigenvalue weighted by molar-refractivity contribution is 5.78. The third-order valence-corrected chi connectivity index (χ3v) is 5.16. The summed E-state index contributed by atoms with van der Waals surface area (Å²) >= 11 is 0. The number of ether oxygens (including phenoxy) is 2. The van der Waals surface area contributed by atoms with Crippen molar-refractivity contribution in [2.24, 2.45) is 0 Å². The van der Waals surface area contributed by atoms with Gasteiger partial charge in [-0.1, -0.05) is 18.2 Å². The molecule has 0 radical (unpaired) electrons. The second-order valence-corrected chi connectivity index (χ2v) is 6.98. The van der Waals surface area contributed by atoms with Crippen molar-refractivity contribution < 1.29 is 18.7 Å². The average Bonchev–Trinajstić information content (AvgIpc) is 3.23. The van der Waals surface area contributed by atoms with Crippen LogP contribution in [0.5, 0.6) is 11.5 Å². The quantitative estimate of drug-likeness (QED) is 0.756. The molecule has 1 atom stereocenters. The minimum atomic E-state index is -0.457. The lowest BCUT2D eigenvalue weighted by atomic mass is 10.0. The van der Waals surface area contributed by atoms with E-state index in [0.717, 1.165) is 24.4 Å². The van der Waals surface area contributed by atoms with Crippen LogP contribution in [0.15, 0.2) is 42.5 Å². The Morgan fingerprint density at radius 3 is 2.43 bits per heavy atom. The van der Waals surface area contributed by atoms with Crippen LogP contribution in [-0.4, -0.2) is 44.7 Å². The van der Waals surface area contributed by atoms with E-state index in [4.69, 9.17) is 9.47 Å². The van der Waals surface area contributed by atoms with Crippen molar-refractivity contribution in [1.82, 2.24) is 10.2 Å². The number of hydrogen-bond donors (Lipinski definition) is 1. The molecule has 0 aliphatic carbocycles. The van der Waals surface area contributed by atoms with Crippen molar-refractivity contribution in [3.05, 3.63) is 59.4 Å². The molecular formula is C22H27FN2O3. The molecule has 1 N–H and O–H groups in total. The van der Waals surface area contributed by atoms with Crippen LogP contribution in [0.4, 0.5) is 4.39 Å². The zero-order valence-electron chi connectivity index (χ0n) is 16.4. The summed E-state index contributed by atoms with van der Waals surface area (Å²) in [5, 5.41) is 3.02. The van der Waals surface area contributed by atoms with Crippen LogP contribution in [0.3, 0.4) is 0 Å². The van der Waals surface area contributed by atoms with E-state index < -0.39 is 5.82 Å². The van der Waals surface area contributed by atoms with Crippen molar-refractivity contribution in [2.45, 2.75) is 25.3 Å². The zero-order chi connectivity index (χ0) is 19.9. The molecular weight excluding hydrogens is 359 g/mol. The van der Waals surface area contributed by atoms with E-state index in [1.165, 1.54) is 26.0 Å². The summed E-state index contributed by atoms with van der Waals surface area (Å²) in [7, 11) is 3.07. The van der Waals surface area contributed by atoms with Crippen molar-refractivity contribution >= 4 is 5.91 Å². The standard InChI is InChI=1S/C22H27FN2O3/c1-27-18-8-6-17(7-9-18)20(25-11-3-4-12-25)15-24-22(26)14-16-5-10-21(28-2)19(23)13-16/h5-10,13,20H,3-4,11-12,14-15H2,1-2H3,(H,24,26)/t20-/m0/s1. The molecule has 0 saturated carbocycles. The lowest BCUT2D eigenvalue weighted by Gasteiger charge is -2.28. The van der Waals surface area contributed by atoms with Gasteiger partial charge in [-0.25, -0.2) is 4.39 Å². The highest BCUT2D eigenvalue weighted by Gasteiger charge is 2.24. The van der Waals surface area contributed by atoms with Gasteiger partial charge in [-0.05, 0) is 61.3 Å². The molecule has 0 unspecified atom stereocenters. The Hall–Kier alpha value is -2.60. The zero-order valence-corrected chi connectivity index (χ0v) is 16.4. The fraction of sp³-hybridized carbons (Fsp3) is 0.409. The van der Waals surface area contributed by atoms with Crippen LogP contribution in [0.2, 0.25) is 0 Å². The predicted molar refractivity (Wildman–Crippen MR) is 106 cm³/mol. The van der Waals surface area contributed by atoms with E-state index in [1.54, 1.807) is 19.2 Å². The van der Waals surface area contributed by atoms with Gasteiger partial charge in [0.1, 0.15) is 5.75 Å². The molecule has 0 spiro atoms. The Balaban J connectivity index is 1.63. The molecule has 1 saturated heterocycles. The van der Waals surface area contributed by atoms with Crippen molar-refractivity contribution in [3.63, 3.8) is 0 Å². The maximum Gasteiger partial charge on any atom is 0.224 e. The first kappa shape index (κ1) is 20.1. The number of carbonyl (C=O) groups is 1. The number of hydrogen-bond acceptors (Lipinski definition) is 4. The van der Waals surface area contributed by atoms with Crippen molar-refractivity contribution in [1.29, 1.82) is 0 Å². The van der Waals surface area contributed by atoms with Gasteiger partial charge >= 0.3 is 0 Å². The highest BCUT2D eigenvalue weighted by Crippen LogP contribution is 2.26. The fourth-order valence-corrected chi connectivity index (χ4v) is 3.62. The van der Waals surface area contributed by atoms with Crippen molar-refractivity contribution in [3.8, 4) is 11.5 Å². The molecule has 0 aromatic heterocycles. The van der Waals surface area contributed by atoms with Crippen LogP contribution < -0.4 is 14.8 Å².